The lowest BCUT2D eigenvalue weighted by Gasteiger charge is -2.30. The monoisotopic (exact) mass is 523 g/mol. The van der Waals surface area contributed by atoms with Crippen LogP contribution in [0.4, 0.5) is 5.69 Å². The molecule has 0 radical (unpaired) electrons. The van der Waals surface area contributed by atoms with Crippen LogP contribution >= 0.6 is 11.6 Å². The molecule has 0 saturated carbocycles. The van der Waals surface area contributed by atoms with Gasteiger partial charge in [0.05, 0.1) is 24.1 Å². The van der Waals surface area contributed by atoms with Gasteiger partial charge in [0.2, 0.25) is 21.8 Å². The van der Waals surface area contributed by atoms with Crippen LogP contribution in [0, 0.1) is 6.92 Å². The minimum atomic E-state index is -3.62. The topological polar surface area (TPSA) is 96.0 Å². The second-order valence-corrected chi connectivity index (χ2v) is 10.6. The summed E-state index contributed by atoms with van der Waals surface area (Å²) in [6, 6.07) is 11.7. The van der Waals surface area contributed by atoms with Gasteiger partial charge < -0.3 is 15.0 Å². The second kappa shape index (κ2) is 12.8. The number of methoxy groups -OCH3 is 1. The summed E-state index contributed by atoms with van der Waals surface area (Å²) in [6.07, 6.45) is 1.45. The van der Waals surface area contributed by atoms with Crippen LogP contribution in [0.1, 0.15) is 37.8 Å². The van der Waals surface area contributed by atoms with Gasteiger partial charge in [-0.25, -0.2) is 8.42 Å². The molecule has 0 saturated heterocycles. The number of nitrogens with zero attached hydrogens (tertiary/aromatic N) is 2. The first-order chi connectivity index (χ1) is 16.5. The van der Waals surface area contributed by atoms with Crippen LogP contribution < -0.4 is 14.4 Å². The fraction of sp³-hybridized carbons (Fsp3) is 0.440. The smallest absolute Gasteiger partial charge is 0.242 e. The van der Waals surface area contributed by atoms with Crippen molar-refractivity contribution in [2.75, 3.05) is 30.8 Å². The molecule has 0 heterocycles. The molecule has 1 N–H and O–H groups in total. The molecule has 2 rings (SSSR count). The lowest BCUT2D eigenvalue weighted by Crippen LogP contribution is -2.47. The number of likely N-dealkylation sites (N-methyl/N-ethyl adjacent to an activating group) is 1. The Morgan fingerprint density at radius 3 is 2.43 bits per heavy atom. The standard InChI is InChI=1S/C25H34ClN3O5S/c1-6-27-25(31)19(3)28(17-20-11-8-7-10-18(20)2)24(30)12-9-15-29(35(5,32)33)21-13-14-23(34-4)22(26)16-21/h7-8,10-11,13-14,16,19H,6,9,12,15,17H2,1-5H3,(H,27,31)/t19-/m0/s1. The van der Waals surface area contributed by atoms with Crippen molar-refractivity contribution in [2.24, 2.45) is 0 Å². The van der Waals surface area contributed by atoms with Crippen molar-refractivity contribution in [3.05, 3.63) is 58.6 Å². The number of carbonyl (C=O) groups is 2. The molecule has 0 spiro atoms. The van der Waals surface area contributed by atoms with Gasteiger partial charge >= 0.3 is 0 Å². The number of halogens is 1. The maximum atomic E-state index is 13.3. The Morgan fingerprint density at radius 2 is 1.86 bits per heavy atom. The van der Waals surface area contributed by atoms with Gasteiger partial charge in [-0.05, 0) is 56.5 Å². The molecule has 0 unspecified atom stereocenters. The van der Waals surface area contributed by atoms with Crippen LogP contribution in [0.5, 0.6) is 5.75 Å². The van der Waals surface area contributed by atoms with E-state index < -0.39 is 16.1 Å². The molecule has 0 aliphatic carbocycles. The van der Waals surface area contributed by atoms with E-state index in [9.17, 15) is 18.0 Å². The summed E-state index contributed by atoms with van der Waals surface area (Å²) in [7, 11) is -2.14. The number of hydrogen-bond donors (Lipinski definition) is 1. The van der Waals surface area contributed by atoms with Crippen molar-refractivity contribution in [3.63, 3.8) is 0 Å². The normalized spacial score (nSPS) is 12.1. The zero-order chi connectivity index (χ0) is 26.2. The maximum absolute atomic E-state index is 13.3. The molecule has 35 heavy (non-hydrogen) atoms. The summed E-state index contributed by atoms with van der Waals surface area (Å²) >= 11 is 6.18. The Morgan fingerprint density at radius 1 is 1.17 bits per heavy atom. The van der Waals surface area contributed by atoms with Crippen LogP contribution in [0.3, 0.4) is 0 Å². The number of benzene rings is 2. The highest BCUT2D eigenvalue weighted by atomic mass is 35.5. The lowest BCUT2D eigenvalue weighted by molar-refractivity contribution is -0.140. The van der Waals surface area contributed by atoms with Gasteiger partial charge in [-0.1, -0.05) is 35.9 Å². The SMILES string of the molecule is CCNC(=O)[C@H](C)N(Cc1ccccc1C)C(=O)CCCN(c1ccc(OC)c(Cl)c1)S(C)(=O)=O. The van der Waals surface area contributed by atoms with Gasteiger partial charge in [-0.15, -0.1) is 0 Å². The number of amides is 2. The lowest BCUT2D eigenvalue weighted by atomic mass is 10.1. The number of sulfonamides is 1. The second-order valence-electron chi connectivity index (χ2n) is 8.28. The first-order valence-corrected chi connectivity index (χ1v) is 13.6. The highest BCUT2D eigenvalue weighted by Gasteiger charge is 2.26. The summed E-state index contributed by atoms with van der Waals surface area (Å²) in [6.45, 7) is 6.31. The minimum absolute atomic E-state index is 0.0749. The summed E-state index contributed by atoms with van der Waals surface area (Å²) in [5.74, 6) is -0.0291. The van der Waals surface area contributed by atoms with Crippen molar-refractivity contribution in [1.29, 1.82) is 0 Å². The van der Waals surface area contributed by atoms with E-state index in [1.165, 1.54) is 17.5 Å². The molecule has 0 aliphatic heterocycles. The molecule has 1 atom stereocenters. The molecular weight excluding hydrogens is 490 g/mol. The Bertz CT molecular complexity index is 1140. The first-order valence-electron chi connectivity index (χ1n) is 11.4. The van der Waals surface area contributed by atoms with E-state index in [4.69, 9.17) is 16.3 Å². The molecule has 0 bridgehead atoms. The molecule has 0 aliphatic rings. The minimum Gasteiger partial charge on any atom is -0.495 e. The predicted molar refractivity (Wildman–Crippen MR) is 139 cm³/mol. The zero-order valence-corrected chi connectivity index (χ0v) is 22.4. The van der Waals surface area contributed by atoms with Crippen molar-refractivity contribution >= 4 is 39.1 Å². The predicted octanol–water partition coefficient (Wildman–Crippen LogP) is 3.76. The Balaban J connectivity index is 2.19. The van der Waals surface area contributed by atoms with Gasteiger partial charge in [0.15, 0.2) is 0 Å². The maximum Gasteiger partial charge on any atom is 0.242 e. The molecule has 8 nitrogen and oxygen atoms in total. The number of hydrogen-bond acceptors (Lipinski definition) is 5. The Kier molecular flexibility index (Phi) is 10.4. The average Bonchev–Trinajstić information content (AvgIpc) is 2.80. The number of anilines is 1. The van der Waals surface area contributed by atoms with E-state index in [-0.39, 0.29) is 42.8 Å². The summed E-state index contributed by atoms with van der Waals surface area (Å²) in [5.41, 5.74) is 2.36. The average molecular weight is 524 g/mol. The fourth-order valence-electron chi connectivity index (χ4n) is 3.69. The van der Waals surface area contributed by atoms with Crippen molar-refractivity contribution in [1.82, 2.24) is 10.2 Å². The van der Waals surface area contributed by atoms with Gasteiger partial charge in [-0.3, -0.25) is 13.9 Å². The first kappa shape index (κ1) is 28.5. The zero-order valence-electron chi connectivity index (χ0n) is 20.9. The van der Waals surface area contributed by atoms with Gasteiger partial charge in [0, 0.05) is 26.1 Å². The largest absolute Gasteiger partial charge is 0.495 e. The number of ether oxygens (including phenoxy) is 1. The van der Waals surface area contributed by atoms with Crippen LogP contribution in [-0.2, 0) is 26.2 Å². The fourth-order valence-corrected chi connectivity index (χ4v) is 4.90. The van der Waals surface area contributed by atoms with Crippen LogP contribution in [0.2, 0.25) is 5.02 Å². The number of aryl methyl sites for hydroxylation is 1. The summed E-state index contributed by atoms with van der Waals surface area (Å²) < 4.78 is 31.3. The molecule has 0 aromatic heterocycles. The van der Waals surface area contributed by atoms with Crippen LogP contribution in [-0.4, -0.2) is 57.6 Å². The summed E-state index contributed by atoms with van der Waals surface area (Å²) in [4.78, 5) is 27.3. The van der Waals surface area contributed by atoms with E-state index in [0.29, 0.717) is 18.0 Å². The van der Waals surface area contributed by atoms with E-state index in [2.05, 4.69) is 5.32 Å². The molecule has 0 fully saturated rings. The van der Waals surface area contributed by atoms with Crippen LogP contribution in [0.25, 0.3) is 0 Å². The Hall–Kier alpha value is -2.78. The van der Waals surface area contributed by atoms with Gasteiger partial charge in [-0.2, -0.15) is 0 Å². The quantitative estimate of drug-likeness (QED) is 0.457. The highest BCUT2D eigenvalue weighted by Crippen LogP contribution is 2.30. The third-order valence-electron chi connectivity index (χ3n) is 5.70. The van der Waals surface area contributed by atoms with E-state index in [0.717, 1.165) is 17.4 Å². The van der Waals surface area contributed by atoms with Crippen molar-refractivity contribution in [3.8, 4) is 5.75 Å². The van der Waals surface area contributed by atoms with Crippen molar-refractivity contribution in [2.45, 2.75) is 46.2 Å². The number of nitrogens with one attached hydrogen (secondary N) is 1. The molecular formula is C25H34ClN3O5S. The number of carbonyl (C=O) groups excluding carboxylic acids is 2. The summed E-state index contributed by atoms with van der Waals surface area (Å²) in [5, 5.41) is 3.06. The molecule has 2 aromatic carbocycles. The molecule has 2 aromatic rings. The molecule has 192 valence electrons. The highest BCUT2D eigenvalue weighted by molar-refractivity contribution is 7.92. The van der Waals surface area contributed by atoms with E-state index in [1.807, 2.05) is 38.1 Å². The van der Waals surface area contributed by atoms with E-state index in [1.54, 1.807) is 24.0 Å². The van der Waals surface area contributed by atoms with E-state index >= 15 is 0 Å². The van der Waals surface area contributed by atoms with Gasteiger partial charge in [0.25, 0.3) is 0 Å². The third-order valence-corrected chi connectivity index (χ3v) is 7.19. The van der Waals surface area contributed by atoms with Crippen LogP contribution in [0.15, 0.2) is 42.5 Å². The van der Waals surface area contributed by atoms with Gasteiger partial charge in [0.1, 0.15) is 11.8 Å². The molecule has 10 heteroatoms. The third kappa shape index (κ3) is 7.86. The Labute approximate surface area is 213 Å². The molecule has 2 amide bonds. The van der Waals surface area contributed by atoms with Crippen molar-refractivity contribution < 1.29 is 22.7 Å². The number of rotatable bonds is 12.